The lowest BCUT2D eigenvalue weighted by Crippen LogP contribution is -2.12. The summed E-state index contributed by atoms with van der Waals surface area (Å²) in [4.78, 5) is 1.97. The molecule has 0 aromatic carbocycles. The van der Waals surface area contributed by atoms with Gasteiger partial charge in [-0.1, -0.05) is 0 Å². The molecule has 1 aliphatic rings. The quantitative estimate of drug-likeness (QED) is 0.542. The molecule has 0 N–H and O–H groups in total. The second-order valence-electron chi connectivity index (χ2n) is 2.76. The van der Waals surface area contributed by atoms with Gasteiger partial charge in [-0.05, 0) is 19.4 Å². The molecular formula is C7H13N3. The molecule has 0 aliphatic carbocycles. The third kappa shape index (κ3) is 1.56. The van der Waals surface area contributed by atoms with Crippen LogP contribution in [0.5, 0.6) is 0 Å². The number of rotatable bonds is 1. The van der Waals surface area contributed by atoms with Gasteiger partial charge in [-0.3, -0.25) is 0 Å². The molecule has 0 saturated carbocycles. The molecule has 0 aromatic heterocycles. The minimum Gasteiger partial charge on any atom is -0.362 e. The van der Waals surface area contributed by atoms with E-state index in [1.807, 2.05) is 19.0 Å². The SMILES string of the molecule is C[C@H]1CC=C(N(C)C)N=N1. The van der Waals surface area contributed by atoms with Gasteiger partial charge in [-0.15, -0.1) is 5.11 Å². The van der Waals surface area contributed by atoms with Gasteiger partial charge in [0.1, 0.15) is 5.82 Å². The van der Waals surface area contributed by atoms with Crippen LogP contribution >= 0.6 is 0 Å². The summed E-state index contributed by atoms with van der Waals surface area (Å²) in [6.45, 7) is 2.06. The fraction of sp³-hybridized carbons (Fsp3) is 0.714. The Morgan fingerprint density at radius 3 is 2.70 bits per heavy atom. The summed E-state index contributed by atoms with van der Waals surface area (Å²) in [6, 6.07) is 0.365. The molecule has 1 atom stereocenters. The molecule has 0 amide bonds. The minimum absolute atomic E-state index is 0.365. The van der Waals surface area contributed by atoms with E-state index in [4.69, 9.17) is 0 Å². The highest BCUT2D eigenvalue weighted by atomic mass is 15.3. The molecule has 1 aliphatic heterocycles. The van der Waals surface area contributed by atoms with Gasteiger partial charge in [-0.2, -0.15) is 5.11 Å². The van der Waals surface area contributed by atoms with Gasteiger partial charge in [-0.25, -0.2) is 0 Å². The standard InChI is InChI=1S/C7H13N3/c1-6-4-5-7(9-8-6)10(2)3/h5-6H,4H2,1-3H3/t6-/m0/s1. The number of azo groups is 1. The summed E-state index contributed by atoms with van der Waals surface area (Å²) in [6.07, 6.45) is 3.12. The first-order chi connectivity index (χ1) is 4.70. The van der Waals surface area contributed by atoms with E-state index in [2.05, 4.69) is 23.2 Å². The van der Waals surface area contributed by atoms with Crippen molar-refractivity contribution in [3.05, 3.63) is 11.9 Å². The highest BCUT2D eigenvalue weighted by molar-refractivity contribution is 5.00. The lowest BCUT2D eigenvalue weighted by atomic mass is 10.2. The lowest BCUT2D eigenvalue weighted by molar-refractivity contribution is 0.474. The van der Waals surface area contributed by atoms with E-state index >= 15 is 0 Å². The number of hydrogen-bond acceptors (Lipinski definition) is 3. The van der Waals surface area contributed by atoms with Crippen molar-refractivity contribution in [2.24, 2.45) is 10.2 Å². The van der Waals surface area contributed by atoms with Gasteiger partial charge < -0.3 is 4.90 Å². The Kier molecular flexibility index (Phi) is 2.04. The van der Waals surface area contributed by atoms with Crippen molar-refractivity contribution >= 4 is 0 Å². The van der Waals surface area contributed by atoms with Crippen LogP contribution in [0.25, 0.3) is 0 Å². The van der Waals surface area contributed by atoms with Crippen LogP contribution in [0.1, 0.15) is 13.3 Å². The summed E-state index contributed by atoms with van der Waals surface area (Å²) in [5.74, 6) is 0.970. The van der Waals surface area contributed by atoms with Crippen LogP contribution in [0.3, 0.4) is 0 Å². The Balaban J connectivity index is 2.59. The average Bonchev–Trinajstić information content (AvgIpc) is 1.88. The van der Waals surface area contributed by atoms with Gasteiger partial charge in [0, 0.05) is 14.1 Å². The lowest BCUT2D eigenvalue weighted by Gasteiger charge is -2.15. The molecule has 0 unspecified atom stereocenters. The van der Waals surface area contributed by atoms with Crippen LogP contribution in [0.15, 0.2) is 22.1 Å². The predicted molar refractivity (Wildman–Crippen MR) is 40.7 cm³/mol. The minimum atomic E-state index is 0.365. The number of nitrogens with zero attached hydrogens (tertiary/aromatic N) is 3. The summed E-state index contributed by atoms with van der Waals surface area (Å²) in [5, 5.41) is 8.07. The monoisotopic (exact) mass is 139 g/mol. The first-order valence-corrected chi connectivity index (χ1v) is 3.48. The zero-order valence-electron chi connectivity index (χ0n) is 6.70. The van der Waals surface area contributed by atoms with Crippen molar-refractivity contribution in [1.82, 2.24) is 4.90 Å². The van der Waals surface area contributed by atoms with Gasteiger partial charge >= 0.3 is 0 Å². The molecule has 3 nitrogen and oxygen atoms in total. The first kappa shape index (κ1) is 7.25. The van der Waals surface area contributed by atoms with Crippen molar-refractivity contribution in [3.63, 3.8) is 0 Å². The van der Waals surface area contributed by atoms with Crippen LogP contribution < -0.4 is 0 Å². The summed E-state index contributed by atoms with van der Waals surface area (Å²) in [7, 11) is 3.95. The Hall–Kier alpha value is -0.860. The molecule has 56 valence electrons. The highest BCUT2D eigenvalue weighted by Gasteiger charge is 2.06. The molecule has 0 radical (unpaired) electrons. The second kappa shape index (κ2) is 2.82. The molecule has 0 fully saturated rings. The molecule has 10 heavy (non-hydrogen) atoms. The van der Waals surface area contributed by atoms with Crippen molar-refractivity contribution in [3.8, 4) is 0 Å². The van der Waals surface area contributed by atoms with E-state index in [9.17, 15) is 0 Å². The van der Waals surface area contributed by atoms with Crippen molar-refractivity contribution in [2.45, 2.75) is 19.4 Å². The zero-order chi connectivity index (χ0) is 7.56. The molecule has 0 bridgehead atoms. The summed E-state index contributed by atoms with van der Waals surface area (Å²) >= 11 is 0. The molecule has 0 saturated heterocycles. The number of hydrogen-bond donors (Lipinski definition) is 0. The molecule has 3 heteroatoms. The van der Waals surface area contributed by atoms with E-state index in [1.165, 1.54) is 0 Å². The van der Waals surface area contributed by atoms with E-state index < -0.39 is 0 Å². The predicted octanol–water partition coefficient (Wildman–Crippen LogP) is 1.63. The van der Waals surface area contributed by atoms with Gasteiger partial charge in [0.05, 0.1) is 6.04 Å². The van der Waals surface area contributed by atoms with Crippen LogP contribution in [0.4, 0.5) is 0 Å². The van der Waals surface area contributed by atoms with Crippen molar-refractivity contribution < 1.29 is 0 Å². The Labute approximate surface area is 61.4 Å². The molecule has 1 rings (SSSR count). The smallest absolute Gasteiger partial charge is 0.146 e. The van der Waals surface area contributed by atoms with Gasteiger partial charge in [0.25, 0.3) is 0 Å². The maximum atomic E-state index is 4.05. The molecule has 0 spiro atoms. The third-order valence-electron chi connectivity index (χ3n) is 1.46. The van der Waals surface area contributed by atoms with E-state index in [-0.39, 0.29) is 0 Å². The van der Waals surface area contributed by atoms with Crippen LogP contribution in [-0.2, 0) is 0 Å². The normalized spacial score (nSPS) is 24.3. The largest absolute Gasteiger partial charge is 0.362 e. The van der Waals surface area contributed by atoms with E-state index in [1.54, 1.807) is 0 Å². The van der Waals surface area contributed by atoms with Crippen LogP contribution in [0.2, 0.25) is 0 Å². The van der Waals surface area contributed by atoms with Gasteiger partial charge in [0.15, 0.2) is 0 Å². The fourth-order valence-corrected chi connectivity index (χ4v) is 0.794. The van der Waals surface area contributed by atoms with Crippen molar-refractivity contribution in [1.29, 1.82) is 0 Å². The zero-order valence-corrected chi connectivity index (χ0v) is 6.70. The average molecular weight is 139 g/mol. The van der Waals surface area contributed by atoms with Crippen LogP contribution in [-0.4, -0.2) is 25.0 Å². The molecular weight excluding hydrogens is 126 g/mol. The highest BCUT2D eigenvalue weighted by Crippen LogP contribution is 2.13. The second-order valence-corrected chi connectivity index (χ2v) is 2.76. The van der Waals surface area contributed by atoms with Crippen molar-refractivity contribution in [2.75, 3.05) is 14.1 Å². The van der Waals surface area contributed by atoms with Crippen LogP contribution in [0, 0.1) is 0 Å². The topological polar surface area (TPSA) is 28.0 Å². The summed E-state index contributed by atoms with van der Waals surface area (Å²) in [5.41, 5.74) is 0. The third-order valence-corrected chi connectivity index (χ3v) is 1.46. The van der Waals surface area contributed by atoms with E-state index in [0.29, 0.717) is 6.04 Å². The Bertz CT molecular complexity index is 170. The maximum Gasteiger partial charge on any atom is 0.146 e. The first-order valence-electron chi connectivity index (χ1n) is 3.48. The fourth-order valence-electron chi connectivity index (χ4n) is 0.794. The van der Waals surface area contributed by atoms with E-state index in [0.717, 1.165) is 12.2 Å². The molecule has 0 aromatic rings. The maximum absolute atomic E-state index is 4.05. The Morgan fingerprint density at radius 2 is 2.30 bits per heavy atom. The molecule has 1 heterocycles. The Morgan fingerprint density at radius 1 is 1.60 bits per heavy atom. The van der Waals surface area contributed by atoms with Gasteiger partial charge in [0.2, 0.25) is 0 Å². The summed E-state index contributed by atoms with van der Waals surface area (Å²) < 4.78 is 0.